The van der Waals surface area contributed by atoms with Crippen LogP contribution in [-0.2, 0) is 16.2 Å². The molecule has 0 fully saturated rings. The van der Waals surface area contributed by atoms with E-state index < -0.39 is 0 Å². The van der Waals surface area contributed by atoms with Gasteiger partial charge < -0.3 is 4.57 Å². The molecule has 1 nitrogen and oxygen atoms in total. The van der Waals surface area contributed by atoms with E-state index in [1.54, 1.807) is 0 Å². The zero-order valence-corrected chi connectivity index (χ0v) is 28.3. The quantitative estimate of drug-likeness (QED) is 0.197. The molecule has 1 heterocycles. The van der Waals surface area contributed by atoms with Crippen molar-refractivity contribution in [3.8, 4) is 27.9 Å². The van der Waals surface area contributed by atoms with Crippen molar-refractivity contribution in [3.63, 3.8) is 0 Å². The summed E-state index contributed by atoms with van der Waals surface area (Å²) < 4.78 is 2.54. The summed E-state index contributed by atoms with van der Waals surface area (Å²) in [7, 11) is 0. The van der Waals surface area contributed by atoms with Crippen LogP contribution in [0.3, 0.4) is 0 Å². The molecule has 0 saturated carbocycles. The van der Waals surface area contributed by atoms with Gasteiger partial charge in [-0.1, -0.05) is 147 Å². The molecule has 0 atom stereocenters. The number of benzene rings is 5. The predicted octanol–water partition coefficient (Wildman–Crippen LogP) is 12.3. The number of hydrogen-bond acceptors (Lipinski definition) is 0. The van der Waals surface area contributed by atoms with Crippen molar-refractivity contribution in [2.45, 2.75) is 85.5 Å². The molecule has 6 rings (SSSR count). The average molecular weight is 578 g/mol. The van der Waals surface area contributed by atoms with Crippen LogP contribution in [0.25, 0.3) is 49.7 Å². The molecule has 0 aliphatic rings. The van der Waals surface area contributed by atoms with Crippen molar-refractivity contribution in [1.82, 2.24) is 4.57 Å². The van der Waals surface area contributed by atoms with Crippen LogP contribution in [0.15, 0.2) is 103 Å². The van der Waals surface area contributed by atoms with E-state index in [9.17, 15) is 0 Å². The Morgan fingerprint density at radius 2 is 1.02 bits per heavy atom. The van der Waals surface area contributed by atoms with E-state index in [0.29, 0.717) is 0 Å². The fourth-order valence-corrected chi connectivity index (χ4v) is 6.65. The summed E-state index contributed by atoms with van der Waals surface area (Å²) in [4.78, 5) is 0. The highest BCUT2D eigenvalue weighted by atomic mass is 15.0. The maximum absolute atomic E-state index is 2.54. The lowest BCUT2D eigenvalue weighted by Crippen LogP contribution is -2.17. The Hall–Kier alpha value is -4.10. The Labute approximate surface area is 264 Å². The molecule has 224 valence electrons. The second-order valence-electron chi connectivity index (χ2n) is 15.7. The van der Waals surface area contributed by atoms with Gasteiger partial charge in [0.05, 0.1) is 11.0 Å². The summed E-state index contributed by atoms with van der Waals surface area (Å²) in [5, 5.41) is 2.68. The highest BCUT2D eigenvalue weighted by Gasteiger charge is 2.28. The van der Waals surface area contributed by atoms with Gasteiger partial charge in [-0.2, -0.15) is 0 Å². The van der Waals surface area contributed by atoms with Crippen LogP contribution in [0.1, 0.15) is 84.6 Å². The first-order valence-corrected chi connectivity index (χ1v) is 16.0. The number of hydrogen-bond donors (Lipinski definition) is 0. The van der Waals surface area contributed by atoms with Crippen LogP contribution in [0.5, 0.6) is 0 Å². The van der Waals surface area contributed by atoms with Gasteiger partial charge in [-0.3, -0.25) is 0 Å². The van der Waals surface area contributed by atoms with Gasteiger partial charge in [0.15, 0.2) is 0 Å². The molecule has 1 heteroatoms. The molecule has 0 aliphatic heterocycles. The van der Waals surface area contributed by atoms with Gasteiger partial charge >= 0.3 is 0 Å². The summed E-state index contributed by atoms with van der Waals surface area (Å²) in [6.45, 7) is 23.2. The molecule has 0 aliphatic carbocycles. The first-order chi connectivity index (χ1) is 20.6. The molecule has 0 radical (unpaired) electrons. The lowest BCUT2D eigenvalue weighted by Gasteiger charge is -2.27. The number of aromatic nitrogens is 1. The molecule has 0 N–H and O–H groups in total. The highest BCUT2D eigenvalue weighted by molar-refractivity contribution is 6.18. The van der Waals surface area contributed by atoms with Gasteiger partial charge in [-0.05, 0) is 86.4 Å². The number of fused-ring (bicyclic) bond motifs is 3. The molecule has 0 unspecified atom stereocenters. The minimum absolute atomic E-state index is 0.0269. The third-order valence-corrected chi connectivity index (χ3v) is 9.06. The molecule has 6 aromatic rings. The molecule has 0 bridgehead atoms. The summed E-state index contributed by atoms with van der Waals surface area (Å²) in [6.07, 6.45) is 0. The van der Waals surface area contributed by atoms with E-state index in [4.69, 9.17) is 0 Å². The Morgan fingerprint density at radius 3 is 1.59 bits per heavy atom. The monoisotopic (exact) mass is 577 g/mol. The van der Waals surface area contributed by atoms with Gasteiger partial charge in [0.2, 0.25) is 0 Å². The molecule has 0 amide bonds. The Bertz CT molecular complexity index is 1950. The summed E-state index contributed by atoms with van der Waals surface area (Å²) in [5.41, 5.74) is 14.2. The van der Waals surface area contributed by atoms with Crippen LogP contribution in [0.2, 0.25) is 0 Å². The minimum atomic E-state index is -0.0908. The highest BCUT2D eigenvalue weighted by Crippen LogP contribution is 2.47. The van der Waals surface area contributed by atoms with Gasteiger partial charge in [0.1, 0.15) is 0 Å². The topological polar surface area (TPSA) is 4.93 Å². The van der Waals surface area contributed by atoms with Gasteiger partial charge in [-0.15, -0.1) is 0 Å². The van der Waals surface area contributed by atoms with E-state index in [2.05, 4.69) is 177 Å². The summed E-state index contributed by atoms with van der Waals surface area (Å²) in [5.74, 6) is 0. The molecule has 5 aromatic carbocycles. The third-order valence-electron chi connectivity index (χ3n) is 9.06. The molecular weight excluding hydrogens is 530 g/mol. The first-order valence-electron chi connectivity index (χ1n) is 16.0. The molecule has 0 saturated heterocycles. The van der Waals surface area contributed by atoms with Crippen LogP contribution in [-0.4, -0.2) is 4.57 Å². The van der Waals surface area contributed by atoms with E-state index in [-0.39, 0.29) is 16.2 Å². The lowest BCUT2D eigenvalue weighted by atomic mass is 9.78. The smallest absolute Gasteiger partial charge is 0.0547 e. The SMILES string of the molecule is Cc1ccc(-c2ccc3c(c2C(C)(C)C)c2c(-c4ccccc4)cccc2n3-c2cc(C(C)(C)C)cc(C(C)(C)C)c2)cc1. The van der Waals surface area contributed by atoms with Crippen molar-refractivity contribution < 1.29 is 0 Å². The van der Waals surface area contributed by atoms with Crippen LogP contribution in [0.4, 0.5) is 0 Å². The predicted molar refractivity (Wildman–Crippen MR) is 192 cm³/mol. The zero-order valence-electron chi connectivity index (χ0n) is 28.3. The second kappa shape index (κ2) is 10.5. The Balaban J connectivity index is 1.84. The number of rotatable bonds is 3. The zero-order chi connectivity index (χ0) is 31.6. The first kappa shape index (κ1) is 29.9. The molecule has 44 heavy (non-hydrogen) atoms. The fourth-order valence-electron chi connectivity index (χ4n) is 6.65. The molecular formula is C43H47N. The average Bonchev–Trinajstić information content (AvgIpc) is 3.30. The van der Waals surface area contributed by atoms with Crippen LogP contribution in [0, 0.1) is 6.92 Å². The van der Waals surface area contributed by atoms with Crippen LogP contribution < -0.4 is 0 Å². The fraction of sp³-hybridized carbons (Fsp3) is 0.302. The van der Waals surface area contributed by atoms with Crippen molar-refractivity contribution in [1.29, 1.82) is 0 Å². The normalized spacial score (nSPS) is 12.8. The molecule has 1 aromatic heterocycles. The minimum Gasteiger partial charge on any atom is -0.309 e. The second-order valence-corrected chi connectivity index (χ2v) is 15.7. The summed E-state index contributed by atoms with van der Waals surface area (Å²) in [6, 6.07) is 38.8. The van der Waals surface area contributed by atoms with E-state index >= 15 is 0 Å². The standard InChI is InChI=1S/C43H47N/c1-28-19-21-30(22-20-28)35-23-24-37-39(40(35)43(8,9)10)38-34(29-15-12-11-13-16-29)17-14-18-36(38)44(37)33-26-31(41(2,3)4)25-32(27-33)42(5,6)7/h11-27H,1-10H3. The third kappa shape index (κ3) is 5.28. The van der Waals surface area contributed by atoms with Gasteiger partial charge in [-0.25, -0.2) is 0 Å². The summed E-state index contributed by atoms with van der Waals surface area (Å²) >= 11 is 0. The van der Waals surface area contributed by atoms with Gasteiger partial charge in [0.25, 0.3) is 0 Å². The van der Waals surface area contributed by atoms with Crippen molar-refractivity contribution in [3.05, 3.63) is 125 Å². The Morgan fingerprint density at radius 1 is 0.455 bits per heavy atom. The van der Waals surface area contributed by atoms with Crippen molar-refractivity contribution >= 4 is 21.8 Å². The van der Waals surface area contributed by atoms with E-state index in [0.717, 1.165) is 0 Å². The maximum atomic E-state index is 2.54. The number of aryl methyl sites for hydroxylation is 1. The van der Waals surface area contributed by atoms with Crippen LogP contribution >= 0.6 is 0 Å². The maximum Gasteiger partial charge on any atom is 0.0547 e. The Kier molecular flexibility index (Phi) is 7.16. The lowest BCUT2D eigenvalue weighted by molar-refractivity contribution is 0.568. The van der Waals surface area contributed by atoms with E-state index in [1.165, 1.54) is 72.0 Å². The number of nitrogens with zero attached hydrogens (tertiary/aromatic N) is 1. The largest absolute Gasteiger partial charge is 0.309 e. The van der Waals surface area contributed by atoms with E-state index in [1.807, 2.05) is 0 Å². The van der Waals surface area contributed by atoms with Crippen molar-refractivity contribution in [2.75, 3.05) is 0 Å². The van der Waals surface area contributed by atoms with Crippen molar-refractivity contribution in [2.24, 2.45) is 0 Å². The molecule has 0 spiro atoms. The van der Waals surface area contributed by atoms with Gasteiger partial charge in [0, 0.05) is 16.5 Å².